The molecule has 1 heterocycles. The Labute approximate surface area is 251 Å². The number of nitrogens with zero attached hydrogens (tertiary/aromatic N) is 1. The van der Waals surface area contributed by atoms with Crippen molar-refractivity contribution in [3.8, 4) is 11.5 Å². The predicted molar refractivity (Wildman–Crippen MR) is 171 cm³/mol. The Morgan fingerprint density at radius 3 is 2.02 bits per heavy atom. The molecule has 2 aromatic rings. The molecule has 0 radical (unpaired) electrons. The van der Waals surface area contributed by atoms with Crippen LogP contribution in [0.15, 0.2) is 42.7 Å². The third-order valence-corrected chi connectivity index (χ3v) is 7.62. The molecule has 0 fully saturated rings. The van der Waals surface area contributed by atoms with Crippen LogP contribution in [0, 0.1) is 0 Å². The molecule has 0 aliphatic heterocycles. The fraction of sp³-hybridized carbons (Fsp3) is 0.667. The molecule has 0 unspecified atom stereocenters. The molecule has 230 valence electrons. The van der Waals surface area contributed by atoms with E-state index in [2.05, 4.69) is 45.3 Å². The van der Waals surface area contributed by atoms with Gasteiger partial charge in [0.25, 0.3) is 5.91 Å². The van der Waals surface area contributed by atoms with Gasteiger partial charge in [-0.1, -0.05) is 111 Å². The Morgan fingerprint density at radius 2 is 1.44 bits per heavy atom. The first-order valence-electron chi connectivity index (χ1n) is 16.4. The summed E-state index contributed by atoms with van der Waals surface area (Å²) in [6.07, 6.45) is 23.8. The lowest BCUT2D eigenvalue weighted by molar-refractivity contribution is -0.671. The lowest BCUT2D eigenvalue weighted by Gasteiger charge is -2.24. The minimum atomic E-state index is -0.110. The van der Waals surface area contributed by atoms with E-state index in [0.29, 0.717) is 12.3 Å². The summed E-state index contributed by atoms with van der Waals surface area (Å²) in [4.78, 5) is 12.3. The molecule has 0 bridgehead atoms. The molecule has 0 aliphatic carbocycles. The number of carbonyl (C=O) groups is 1. The largest absolute Gasteiger partial charge is 0.493 e. The topological polar surface area (TPSA) is 51.4 Å². The highest BCUT2D eigenvalue weighted by molar-refractivity contribution is 5.77. The molecular formula is C36H59N2O3+. The summed E-state index contributed by atoms with van der Waals surface area (Å²) >= 11 is 0. The van der Waals surface area contributed by atoms with E-state index in [0.717, 1.165) is 30.8 Å². The molecule has 5 nitrogen and oxygen atoms in total. The normalized spacial score (nSPS) is 11.4. The molecule has 0 saturated heterocycles. The fourth-order valence-corrected chi connectivity index (χ4v) is 5.13. The Bertz CT molecular complexity index is 983. The number of benzene rings is 1. The monoisotopic (exact) mass is 567 g/mol. The number of aryl methyl sites for hydroxylation is 1. The van der Waals surface area contributed by atoms with E-state index in [4.69, 9.17) is 9.47 Å². The van der Waals surface area contributed by atoms with E-state index in [1.165, 1.54) is 89.0 Å². The standard InChI is InChI=1S/C36H58N2O3/c1-6-7-8-9-10-11-12-13-14-15-16-17-18-19-27-40-34-23-22-32(28-33(34)36(2,3)4)41-30-35(39)37-25-24-31-21-20-26-38(5)29-31/h20-23,26,28-29H,6-19,24-25,27,30H2,1-5H3/p+1. The summed E-state index contributed by atoms with van der Waals surface area (Å²) in [7, 11) is 2.00. The molecule has 2 rings (SSSR count). The molecule has 1 N–H and O–H groups in total. The second-order valence-corrected chi connectivity index (χ2v) is 12.6. The van der Waals surface area contributed by atoms with Crippen LogP contribution in [0.25, 0.3) is 0 Å². The summed E-state index contributed by atoms with van der Waals surface area (Å²) in [5.41, 5.74) is 2.21. The van der Waals surface area contributed by atoms with Gasteiger partial charge in [0.2, 0.25) is 0 Å². The molecule has 1 aromatic heterocycles. The molecule has 41 heavy (non-hydrogen) atoms. The van der Waals surface area contributed by atoms with Crippen LogP contribution in [0.5, 0.6) is 11.5 Å². The van der Waals surface area contributed by atoms with Gasteiger partial charge in [-0.2, -0.15) is 0 Å². The first-order chi connectivity index (χ1) is 19.8. The summed E-state index contributed by atoms with van der Waals surface area (Å²) in [6, 6.07) is 10.0. The number of nitrogens with one attached hydrogen (secondary N) is 1. The number of rotatable bonds is 22. The number of ether oxygens (including phenoxy) is 2. The van der Waals surface area contributed by atoms with Crippen molar-refractivity contribution in [2.24, 2.45) is 7.05 Å². The number of carbonyl (C=O) groups excluding carboxylic acids is 1. The van der Waals surface area contributed by atoms with E-state index in [1.807, 2.05) is 42.1 Å². The molecule has 0 saturated carbocycles. The summed E-state index contributed by atoms with van der Waals surface area (Å²) in [5.74, 6) is 1.50. The number of hydrogen-bond donors (Lipinski definition) is 1. The van der Waals surface area contributed by atoms with Crippen molar-refractivity contribution in [2.75, 3.05) is 19.8 Å². The molecule has 1 amide bonds. The Kier molecular flexibility index (Phi) is 17.2. The summed E-state index contributed by atoms with van der Waals surface area (Å²) < 4.78 is 14.1. The van der Waals surface area contributed by atoms with Crippen LogP contribution in [0.3, 0.4) is 0 Å². The highest BCUT2D eigenvalue weighted by Crippen LogP contribution is 2.34. The van der Waals surface area contributed by atoms with Crippen molar-refractivity contribution >= 4 is 5.91 Å². The van der Waals surface area contributed by atoms with E-state index in [1.54, 1.807) is 0 Å². The Balaban J connectivity index is 1.61. The van der Waals surface area contributed by atoms with Gasteiger partial charge in [0.05, 0.1) is 6.61 Å². The van der Waals surface area contributed by atoms with Crippen LogP contribution >= 0.6 is 0 Å². The van der Waals surface area contributed by atoms with Crippen LogP contribution in [0.1, 0.15) is 129 Å². The van der Waals surface area contributed by atoms with Gasteiger partial charge >= 0.3 is 0 Å². The number of amides is 1. The lowest BCUT2D eigenvalue weighted by Crippen LogP contribution is -2.31. The van der Waals surface area contributed by atoms with Gasteiger partial charge in [-0.05, 0) is 42.5 Å². The third-order valence-electron chi connectivity index (χ3n) is 7.62. The van der Waals surface area contributed by atoms with Crippen LogP contribution in [0.4, 0.5) is 0 Å². The Morgan fingerprint density at radius 1 is 0.829 bits per heavy atom. The van der Waals surface area contributed by atoms with Crippen LogP contribution in [-0.4, -0.2) is 25.7 Å². The van der Waals surface area contributed by atoms with Crippen LogP contribution < -0.4 is 19.4 Å². The number of pyridine rings is 1. The van der Waals surface area contributed by atoms with E-state index >= 15 is 0 Å². The molecule has 0 spiro atoms. The third kappa shape index (κ3) is 15.9. The zero-order valence-electron chi connectivity index (χ0n) is 26.9. The highest BCUT2D eigenvalue weighted by atomic mass is 16.5. The van der Waals surface area contributed by atoms with Crippen LogP contribution in [0.2, 0.25) is 0 Å². The maximum Gasteiger partial charge on any atom is 0.257 e. The minimum Gasteiger partial charge on any atom is -0.493 e. The fourth-order valence-electron chi connectivity index (χ4n) is 5.13. The second-order valence-electron chi connectivity index (χ2n) is 12.6. The summed E-state index contributed by atoms with van der Waals surface area (Å²) in [5, 5.41) is 2.95. The van der Waals surface area contributed by atoms with E-state index < -0.39 is 0 Å². The maximum atomic E-state index is 12.3. The van der Waals surface area contributed by atoms with Crippen molar-refractivity contribution in [2.45, 2.75) is 129 Å². The maximum absolute atomic E-state index is 12.3. The SMILES string of the molecule is CCCCCCCCCCCCCCCCOc1ccc(OCC(=O)NCCc2ccc[n+](C)c2)cc1C(C)(C)C. The van der Waals surface area contributed by atoms with Crippen molar-refractivity contribution in [3.05, 3.63) is 53.9 Å². The van der Waals surface area contributed by atoms with Gasteiger partial charge < -0.3 is 14.8 Å². The Hall–Kier alpha value is -2.56. The average Bonchev–Trinajstić information content (AvgIpc) is 2.94. The molecular weight excluding hydrogens is 508 g/mol. The van der Waals surface area contributed by atoms with Crippen LogP contribution in [-0.2, 0) is 23.7 Å². The van der Waals surface area contributed by atoms with Gasteiger partial charge in [-0.25, -0.2) is 4.57 Å². The minimum absolute atomic E-state index is 0.00536. The molecule has 0 atom stereocenters. The second kappa shape index (κ2) is 20.3. The number of unbranched alkanes of at least 4 members (excludes halogenated alkanes) is 13. The molecule has 0 aliphatic rings. The molecule has 1 aromatic carbocycles. The van der Waals surface area contributed by atoms with Gasteiger partial charge in [-0.15, -0.1) is 0 Å². The quantitative estimate of drug-likeness (QED) is 0.115. The predicted octanol–water partition coefficient (Wildman–Crippen LogP) is 8.41. The van der Waals surface area contributed by atoms with Crippen molar-refractivity contribution < 1.29 is 18.8 Å². The first kappa shape index (κ1) is 34.6. The number of aromatic nitrogens is 1. The van der Waals surface area contributed by atoms with E-state index in [9.17, 15) is 4.79 Å². The van der Waals surface area contributed by atoms with Crippen molar-refractivity contribution in [1.82, 2.24) is 5.32 Å². The lowest BCUT2D eigenvalue weighted by atomic mass is 9.86. The number of hydrogen-bond acceptors (Lipinski definition) is 3. The summed E-state index contributed by atoms with van der Waals surface area (Å²) in [6.45, 7) is 10.2. The van der Waals surface area contributed by atoms with Gasteiger partial charge in [0, 0.05) is 23.7 Å². The zero-order valence-corrected chi connectivity index (χ0v) is 26.9. The van der Waals surface area contributed by atoms with Gasteiger partial charge in [0.15, 0.2) is 19.0 Å². The smallest absolute Gasteiger partial charge is 0.257 e. The van der Waals surface area contributed by atoms with Gasteiger partial charge in [-0.3, -0.25) is 4.79 Å². The highest BCUT2D eigenvalue weighted by Gasteiger charge is 2.20. The van der Waals surface area contributed by atoms with Crippen molar-refractivity contribution in [3.63, 3.8) is 0 Å². The van der Waals surface area contributed by atoms with Gasteiger partial charge in [0.1, 0.15) is 18.5 Å². The molecule has 5 heteroatoms. The first-order valence-corrected chi connectivity index (χ1v) is 16.4. The van der Waals surface area contributed by atoms with Crippen molar-refractivity contribution in [1.29, 1.82) is 0 Å². The zero-order chi connectivity index (χ0) is 29.8. The van der Waals surface area contributed by atoms with E-state index in [-0.39, 0.29) is 17.9 Å². The average molecular weight is 568 g/mol.